The summed E-state index contributed by atoms with van der Waals surface area (Å²) in [5, 5.41) is 3.35. The van der Waals surface area contributed by atoms with Crippen molar-refractivity contribution < 1.29 is 9.53 Å². The van der Waals surface area contributed by atoms with Crippen molar-refractivity contribution in [1.82, 2.24) is 15.2 Å². The van der Waals surface area contributed by atoms with Gasteiger partial charge in [-0.05, 0) is 24.6 Å². The van der Waals surface area contributed by atoms with Crippen LogP contribution in [0.4, 0.5) is 0 Å². The Balaban J connectivity index is 1.74. The van der Waals surface area contributed by atoms with Gasteiger partial charge >= 0.3 is 0 Å². The first-order chi connectivity index (χ1) is 12.1. The van der Waals surface area contributed by atoms with E-state index in [9.17, 15) is 4.79 Å². The van der Waals surface area contributed by atoms with Crippen molar-refractivity contribution in [1.29, 1.82) is 0 Å². The molecule has 5 nitrogen and oxygen atoms in total. The normalized spacial score (nSPS) is 16.4. The Kier molecular flexibility index (Phi) is 6.02. The summed E-state index contributed by atoms with van der Waals surface area (Å²) in [5.74, 6) is -0.143. The molecule has 1 atom stereocenters. The number of hydrogen-bond acceptors (Lipinski definition) is 4. The van der Waals surface area contributed by atoms with Gasteiger partial charge in [-0.3, -0.25) is 9.69 Å². The first kappa shape index (κ1) is 17.9. The van der Waals surface area contributed by atoms with Crippen molar-refractivity contribution in [2.24, 2.45) is 0 Å². The first-order valence-corrected chi connectivity index (χ1v) is 8.79. The van der Waals surface area contributed by atoms with Crippen molar-refractivity contribution in [3.8, 4) is 0 Å². The molecular weight excluding hydrogens is 338 g/mol. The summed E-state index contributed by atoms with van der Waals surface area (Å²) in [5.41, 5.74) is 2.93. The van der Waals surface area contributed by atoms with Crippen LogP contribution < -0.4 is 5.32 Å². The molecule has 1 saturated heterocycles. The minimum Gasteiger partial charge on any atom is -0.379 e. The molecule has 3 rings (SSSR count). The van der Waals surface area contributed by atoms with Crippen LogP contribution >= 0.6 is 11.6 Å². The number of aryl methyl sites for hydroxylation is 1. The van der Waals surface area contributed by atoms with Gasteiger partial charge in [0.2, 0.25) is 0 Å². The van der Waals surface area contributed by atoms with Gasteiger partial charge in [-0.15, -0.1) is 0 Å². The predicted octanol–water partition coefficient (Wildman–Crippen LogP) is 2.85. The maximum atomic E-state index is 12.4. The molecule has 1 aromatic carbocycles. The number of nitrogens with zero attached hydrogens (tertiary/aromatic N) is 2. The number of nitrogens with one attached hydrogen (secondary N) is 1. The van der Waals surface area contributed by atoms with Crippen LogP contribution in [0.5, 0.6) is 0 Å². The van der Waals surface area contributed by atoms with Crippen molar-refractivity contribution in [2.45, 2.75) is 13.0 Å². The Morgan fingerprint density at radius 3 is 2.84 bits per heavy atom. The number of rotatable bonds is 5. The number of carbonyl (C=O) groups is 1. The molecule has 1 aliphatic heterocycles. The highest BCUT2D eigenvalue weighted by Crippen LogP contribution is 2.22. The molecule has 2 aromatic rings. The second kappa shape index (κ2) is 8.43. The Morgan fingerprint density at radius 2 is 2.12 bits per heavy atom. The lowest BCUT2D eigenvalue weighted by Crippen LogP contribution is -2.43. The van der Waals surface area contributed by atoms with E-state index < -0.39 is 0 Å². The highest BCUT2D eigenvalue weighted by atomic mass is 35.5. The molecule has 0 saturated carbocycles. The third kappa shape index (κ3) is 4.78. The van der Waals surface area contributed by atoms with Crippen LogP contribution in [0, 0.1) is 6.92 Å². The minimum atomic E-state index is -0.143. The monoisotopic (exact) mass is 359 g/mol. The predicted molar refractivity (Wildman–Crippen MR) is 97.9 cm³/mol. The van der Waals surface area contributed by atoms with E-state index in [-0.39, 0.29) is 11.9 Å². The van der Waals surface area contributed by atoms with Crippen molar-refractivity contribution in [3.05, 3.63) is 64.4 Å². The zero-order valence-corrected chi connectivity index (χ0v) is 15.0. The fraction of sp³-hybridized carbons (Fsp3) is 0.368. The van der Waals surface area contributed by atoms with Crippen LogP contribution in [-0.2, 0) is 4.74 Å². The van der Waals surface area contributed by atoms with Gasteiger partial charge in [-0.2, -0.15) is 0 Å². The summed E-state index contributed by atoms with van der Waals surface area (Å²) in [6.07, 6.45) is 1.54. The number of ether oxygens (including phenoxy) is 1. The molecule has 1 amide bonds. The molecule has 1 N–H and O–H groups in total. The molecule has 1 fully saturated rings. The Bertz CT molecular complexity index is 732. The van der Waals surface area contributed by atoms with Gasteiger partial charge in [0.15, 0.2) is 0 Å². The van der Waals surface area contributed by atoms with Gasteiger partial charge in [0.25, 0.3) is 5.91 Å². The Hall–Kier alpha value is -1.95. The molecule has 0 spiro atoms. The van der Waals surface area contributed by atoms with Gasteiger partial charge < -0.3 is 10.1 Å². The summed E-state index contributed by atoms with van der Waals surface area (Å²) >= 11 is 5.87. The quantitative estimate of drug-likeness (QED) is 0.834. The Labute approximate surface area is 153 Å². The van der Waals surface area contributed by atoms with Crippen molar-refractivity contribution >= 4 is 17.5 Å². The van der Waals surface area contributed by atoms with E-state index in [2.05, 4.69) is 46.4 Å². The van der Waals surface area contributed by atoms with Gasteiger partial charge in [0, 0.05) is 31.4 Å². The fourth-order valence-electron chi connectivity index (χ4n) is 3.06. The molecule has 25 heavy (non-hydrogen) atoms. The summed E-state index contributed by atoms with van der Waals surface area (Å²) in [6, 6.07) is 11.8. The van der Waals surface area contributed by atoms with E-state index in [1.165, 1.54) is 17.3 Å². The molecule has 0 bridgehead atoms. The average Bonchev–Trinajstić information content (AvgIpc) is 2.63. The van der Waals surface area contributed by atoms with Crippen LogP contribution in [0.2, 0.25) is 5.15 Å². The van der Waals surface area contributed by atoms with Crippen LogP contribution in [-0.4, -0.2) is 48.6 Å². The first-order valence-electron chi connectivity index (χ1n) is 8.41. The topological polar surface area (TPSA) is 54.5 Å². The number of aromatic nitrogens is 1. The minimum absolute atomic E-state index is 0.116. The van der Waals surface area contributed by atoms with Crippen LogP contribution in [0.3, 0.4) is 0 Å². The van der Waals surface area contributed by atoms with E-state index in [1.54, 1.807) is 12.1 Å². The highest BCUT2D eigenvalue weighted by molar-refractivity contribution is 6.29. The van der Waals surface area contributed by atoms with E-state index in [0.717, 1.165) is 26.3 Å². The maximum Gasteiger partial charge on any atom is 0.251 e. The number of morpholine rings is 1. The zero-order chi connectivity index (χ0) is 17.6. The lowest BCUT2D eigenvalue weighted by molar-refractivity contribution is 0.0162. The maximum absolute atomic E-state index is 12.4. The standard InChI is InChI=1S/C19H22ClN3O2/c1-14-3-2-4-15(11-14)17(23-7-9-25-10-8-23)13-22-19(24)16-5-6-21-18(20)12-16/h2-6,11-12,17H,7-10,13H2,1H3,(H,22,24). The molecule has 6 heteroatoms. The molecule has 132 valence electrons. The average molecular weight is 360 g/mol. The summed E-state index contributed by atoms with van der Waals surface area (Å²) < 4.78 is 5.47. The van der Waals surface area contributed by atoms with E-state index >= 15 is 0 Å². The van der Waals surface area contributed by atoms with Gasteiger partial charge in [-0.1, -0.05) is 41.4 Å². The molecule has 2 heterocycles. The molecule has 1 aliphatic rings. The molecular formula is C19H22ClN3O2. The van der Waals surface area contributed by atoms with E-state index in [0.29, 0.717) is 17.3 Å². The van der Waals surface area contributed by atoms with Crippen molar-refractivity contribution in [3.63, 3.8) is 0 Å². The largest absolute Gasteiger partial charge is 0.379 e. The number of hydrogen-bond donors (Lipinski definition) is 1. The zero-order valence-electron chi connectivity index (χ0n) is 14.2. The third-order valence-corrected chi connectivity index (χ3v) is 4.56. The van der Waals surface area contributed by atoms with Gasteiger partial charge in [0.05, 0.1) is 19.3 Å². The second-order valence-corrected chi connectivity index (χ2v) is 6.54. The fourth-order valence-corrected chi connectivity index (χ4v) is 3.23. The summed E-state index contributed by atoms with van der Waals surface area (Å²) in [7, 11) is 0. The van der Waals surface area contributed by atoms with Crippen molar-refractivity contribution in [2.75, 3.05) is 32.8 Å². The molecule has 1 aromatic heterocycles. The summed E-state index contributed by atoms with van der Waals surface area (Å²) in [4.78, 5) is 18.7. The second-order valence-electron chi connectivity index (χ2n) is 6.16. The van der Waals surface area contributed by atoms with E-state index in [1.807, 2.05) is 0 Å². The number of pyridine rings is 1. The van der Waals surface area contributed by atoms with Gasteiger partial charge in [0.1, 0.15) is 5.15 Å². The lowest BCUT2D eigenvalue weighted by atomic mass is 10.0. The van der Waals surface area contributed by atoms with Crippen LogP contribution in [0.1, 0.15) is 27.5 Å². The molecule has 0 aliphatic carbocycles. The number of benzene rings is 1. The third-order valence-electron chi connectivity index (χ3n) is 4.36. The van der Waals surface area contributed by atoms with Gasteiger partial charge in [-0.25, -0.2) is 4.98 Å². The number of carbonyl (C=O) groups excluding carboxylic acids is 1. The smallest absolute Gasteiger partial charge is 0.251 e. The van der Waals surface area contributed by atoms with Crippen LogP contribution in [0.25, 0.3) is 0 Å². The number of amides is 1. The molecule has 1 unspecified atom stereocenters. The molecule has 0 radical (unpaired) electrons. The van der Waals surface area contributed by atoms with Crippen LogP contribution in [0.15, 0.2) is 42.6 Å². The SMILES string of the molecule is Cc1cccc(C(CNC(=O)c2ccnc(Cl)c2)N2CCOCC2)c1. The highest BCUT2D eigenvalue weighted by Gasteiger charge is 2.23. The number of halogens is 1. The lowest BCUT2D eigenvalue weighted by Gasteiger charge is -2.35. The summed E-state index contributed by atoms with van der Waals surface area (Å²) in [6.45, 7) is 5.76. The Morgan fingerprint density at radius 1 is 1.32 bits per heavy atom. The van der Waals surface area contributed by atoms with E-state index in [4.69, 9.17) is 16.3 Å².